The van der Waals surface area contributed by atoms with Crippen LogP contribution in [0, 0.1) is 0 Å². The van der Waals surface area contributed by atoms with Crippen LogP contribution < -0.4 is 0 Å². The Morgan fingerprint density at radius 1 is 1.42 bits per heavy atom. The Kier molecular flexibility index (Phi) is 6.07. The van der Waals surface area contributed by atoms with E-state index in [0.29, 0.717) is 6.61 Å². The van der Waals surface area contributed by atoms with Crippen LogP contribution in [0.3, 0.4) is 0 Å². The van der Waals surface area contributed by atoms with Crippen molar-refractivity contribution >= 4 is 5.97 Å². The van der Waals surface area contributed by atoms with E-state index in [0.717, 1.165) is 12.0 Å². The van der Waals surface area contributed by atoms with E-state index in [1.54, 1.807) is 6.92 Å². The molecule has 0 aliphatic heterocycles. The molecule has 0 saturated carbocycles. The van der Waals surface area contributed by atoms with E-state index in [4.69, 9.17) is 4.74 Å². The van der Waals surface area contributed by atoms with E-state index in [1.807, 2.05) is 26.0 Å². The zero-order chi connectivity index (χ0) is 9.40. The zero-order valence-corrected chi connectivity index (χ0v) is 7.96. The standard InChI is InChI=1S/C10H16O2/c1-4-7-9(5-2)8-10(11)12-6-3/h4,7-8H,5-6H2,1-3H3. The minimum Gasteiger partial charge on any atom is -0.463 e. The highest BCUT2D eigenvalue weighted by Gasteiger charge is 1.96. The first kappa shape index (κ1) is 11.0. The highest BCUT2D eigenvalue weighted by atomic mass is 16.5. The summed E-state index contributed by atoms with van der Waals surface area (Å²) in [6, 6.07) is 0. The Morgan fingerprint density at radius 3 is 2.50 bits per heavy atom. The number of allylic oxidation sites excluding steroid dienone is 3. The molecule has 0 spiro atoms. The van der Waals surface area contributed by atoms with Crippen LogP contribution in [0.5, 0.6) is 0 Å². The van der Waals surface area contributed by atoms with Crippen molar-refractivity contribution in [1.29, 1.82) is 0 Å². The summed E-state index contributed by atoms with van der Waals surface area (Å²) >= 11 is 0. The summed E-state index contributed by atoms with van der Waals surface area (Å²) in [6.45, 7) is 6.16. The van der Waals surface area contributed by atoms with Crippen LogP contribution in [0.2, 0.25) is 0 Å². The summed E-state index contributed by atoms with van der Waals surface area (Å²) in [5.74, 6) is -0.257. The fourth-order valence-electron chi connectivity index (χ4n) is 0.817. The Morgan fingerprint density at radius 2 is 2.08 bits per heavy atom. The van der Waals surface area contributed by atoms with Gasteiger partial charge in [-0.1, -0.05) is 19.1 Å². The summed E-state index contributed by atoms with van der Waals surface area (Å²) in [4.78, 5) is 11.0. The SMILES string of the molecule is CC=CC(=CC(=O)OCC)CC. The molecule has 0 N–H and O–H groups in total. The van der Waals surface area contributed by atoms with Crippen molar-refractivity contribution in [2.45, 2.75) is 27.2 Å². The van der Waals surface area contributed by atoms with Gasteiger partial charge in [0.1, 0.15) is 0 Å². The predicted octanol–water partition coefficient (Wildman–Crippen LogP) is 2.46. The fourth-order valence-corrected chi connectivity index (χ4v) is 0.817. The van der Waals surface area contributed by atoms with Gasteiger partial charge >= 0.3 is 5.97 Å². The predicted molar refractivity (Wildman–Crippen MR) is 49.8 cm³/mol. The van der Waals surface area contributed by atoms with Crippen LogP contribution in [-0.2, 0) is 9.53 Å². The number of ether oxygens (including phenoxy) is 1. The van der Waals surface area contributed by atoms with E-state index in [1.165, 1.54) is 6.08 Å². The normalized spacial score (nSPS) is 12.1. The first-order valence-electron chi connectivity index (χ1n) is 4.24. The number of carbonyl (C=O) groups is 1. The quantitative estimate of drug-likeness (QED) is 0.366. The van der Waals surface area contributed by atoms with Crippen LogP contribution in [0.25, 0.3) is 0 Å². The molecule has 0 heterocycles. The van der Waals surface area contributed by atoms with E-state index in [2.05, 4.69) is 0 Å². The lowest BCUT2D eigenvalue weighted by Gasteiger charge is -1.98. The van der Waals surface area contributed by atoms with E-state index < -0.39 is 0 Å². The molecule has 0 unspecified atom stereocenters. The smallest absolute Gasteiger partial charge is 0.331 e. The van der Waals surface area contributed by atoms with Crippen molar-refractivity contribution in [3.05, 3.63) is 23.8 Å². The Labute approximate surface area is 73.9 Å². The molecule has 0 aliphatic carbocycles. The van der Waals surface area contributed by atoms with Crippen molar-refractivity contribution in [2.75, 3.05) is 6.61 Å². The summed E-state index contributed by atoms with van der Waals surface area (Å²) in [5, 5.41) is 0. The largest absolute Gasteiger partial charge is 0.463 e. The van der Waals surface area contributed by atoms with Crippen LogP contribution >= 0.6 is 0 Å². The van der Waals surface area contributed by atoms with Gasteiger partial charge in [-0.2, -0.15) is 0 Å². The average Bonchev–Trinajstić information content (AvgIpc) is 2.04. The van der Waals surface area contributed by atoms with Gasteiger partial charge in [0, 0.05) is 6.08 Å². The molecule has 0 aromatic rings. The maximum absolute atomic E-state index is 11.0. The van der Waals surface area contributed by atoms with Crippen LogP contribution in [0.4, 0.5) is 0 Å². The Balaban J connectivity index is 4.17. The lowest BCUT2D eigenvalue weighted by Crippen LogP contribution is -2.00. The first-order chi connectivity index (χ1) is 5.74. The second-order valence-electron chi connectivity index (χ2n) is 2.32. The third kappa shape index (κ3) is 4.72. The topological polar surface area (TPSA) is 26.3 Å². The molecule has 0 aromatic carbocycles. The molecule has 68 valence electrons. The van der Waals surface area contributed by atoms with Crippen molar-refractivity contribution < 1.29 is 9.53 Å². The van der Waals surface area contributed by atoms with Crippen molar-refractivity contribution in [3.8, 4) is 0 Å². The molecule has 0 amide bonds. The van der Waals surface area contributed by atoms with Gasteiger partial charge in [-0.15, -0.1) is 0 Å². The van der Waals surface area contributed by atoms with E-state index in [-0.39, 0.29) is 5.97 Å². The van der Waals surface area contributed by atoms with E-state index >= 15 is 0 Å². The number of carbonyl (C=O) groups excluding carboxylic acids is 1. The second kappa shape index (κ2) is 6.65. The van der Waals surface area contributed by atoms with Gasteiger partial charge in [-0.05, 0) is 25.8 Å². The third-order valence-corrected chi connectivity index (χ3v) is 1.38. The van der Waals surface area contributed by atoms with Crippen molar-refractivity contribution in [3.63, 3.8) is 0 Å². The van der Waals surface area contributed by atoms with Gasteiger partial charge in [0.15, 0.2) is 0 Å². The van der Waals surface area contributed by atoms with Crippen molar-refractivity contribution in [2.24, 2.45) is 0 Å². The van der Waals surface area contributed by atoms with Crippen LogP contribution in [0.15, 0.2) is 23.8 Å². The second-order valence-corrected chi connectivity index (χ2v) is 2.32. The maximum atomic E-state index is 11.0. The summed E-state index contributed by atoms with van der Waals surface area (Å²) < 4.78 is 4.77. The van der Waals surface area contributed by atoms with Gasteiger partial charge in [0.05, 0.1) is 6.61 Å². The molecular formula is C10H16O2. The van der Waals surface area contributed by atoms with Gasteiger partial charge in [-0.25, -0.2) is 4.79 Å². The Hall–Kier alpha value is -1.05. The summed E-state index contributed by atoms with van der Waals surface area (Å²) in [7, 11) is 0. The molecule has 0 aromatic heterocycles. The van der Waals surface area contributed by atoms with Gasteiger partial charge in [0.25, 0.3) is 0 Å². The number of hydrogen-bond acceptors (Lipinski definition) is 2. The average molecular weight is 168 g/mol. The minimum atomic E-state index is -0.257. The number of hydrogen-bond donors (Lipinski definition) is 0. The van der Waals surface area contributed by atoms with Gasteiger partial charge < -0.3 is 4.74 Å². The summed E-state index contributed by atoms with van der Waals surface area (Å²) in [6.07, 6.45) is 6.21. The van der Waals surface area contributed by atoms with Gasteiger partial charge in [-0.3, -0.25) is 0 Å². The molecule has 0 radical (unpaired) electrons. The van der Waals surface area contributed by atoms with Gasteiger partial charge in [0.2, 0.25) is 0 Å². The molecule has 0 atom stereocenters. The third-order valence-electron chi connectivity index (χ3n) is 1.38. The lowest BCUT2D eigenvalue weighted by atomic mass is 10.2. The Bertz CT molecular complexity index is 190. The minimum absolute atomic E-state index is 0.257. The van der Waals surface area contributed by atoms with E-state index in [9.17, 15) is 4.79 Å². The monoisotopic (exact) mass is 168 g/mol. The number of rotatable bonds is 4. The first-order valence-corrected chi connectivity index (χ1v) is 4.24. The maximum Gasteiger partial charge on any atom is 0.331 e. The highest BCUT2D eigenvalue weighted by Crippen LogP contribution is 2.02. The molecule has 0 saturated heterocycles. The molecular weight excluding hydrogens is 152 g/mol. The lowest BCUT2D eigenvalue weighted by molar-refractivity contribution is -0.137. The molecule has 12 heavy (non-hydrogen) atoms. The summed E-state index contributed by atoms with van der Waals surface area (Å²) in [5.41, 5.74) is 0.996. The molecule has 0 aliphatic rings. The molecule has 0 rings (SSSR count). The molecule has 0 fully saturated rings. The fraction of sp³-hybridized carbons (Fsp3) is 0.500. The van der Waals surface area contributed by atoms with Crippen LogP contribution in [0.1, 0.15) is 27.2 Å². The number of esters is 1. The molecule has 0 bridgehead atoms. The zero-order valence-electron chi connectivity index (χ0n) is 7.96. The van der Waals surface area contributed by atoms with Crippen molar-refractivity contribution in [1.82, 2.24) is 0 Å². The highest BCUT2D eigenvalue weighted by molar-refractivity contribution is 5.83. The van der Waals surface area contributed by atoms with Crippen LogP contribution in [-0.4, -0.2) is 12.6 Å². The molecule has 2 heteroatoms. The molecule has 2 nitrogen and oxygen atoms in total.